The highest BCUT2D eigenvalue weighted by molar-refractivity contribution is 6.33. The van der Waals surface area contributed by atoms with Gasteiger partial charge >= 0.3 is 0 Å². The molecular weight excluding hydrogens is 254 g/mol. The highest BCUT2D eigenvalue weighted by atomic mass is 35.5. The number of hydrogen-bond donors (Lipinski definition) is 2. The summed E-state index contributed by atoms with van der Waals surface area (Å²) < 4.78 is 1.99. The molecule has 2 aromatic heterocycles. The number of fused-ring (bicyclic) bond motifs is 1. The second-order valence-electron chi connectivity index (χ2n) is 4.71. The standard InChI is InChI=1S/C11H14ClN5O/c12-9-8-10(16-11(13)15-9)17(5-14-8)7-2-1-6(3-7)4-18/h5-7,18H,1-4H2,(H2,13,15,16)/t6-,7+/m1/s1. The minimum absolute atomic E-state index is 0.158. The molecule has 7 heteroatoms. The summed E-state index contributed by atoms with van der Waals surface area (Å²) in [5.41, 5.74) is 6.88. The average molecular weight is 268 g/mol. The summed E-state index contributed by atoms with van der Waals surface area (Å²) in [7, 11) is 0. The minimum atomic E-state index is 0.158. The van der Waals surface area contributed by atoms with E-state index in [0.717, 1.165) is 19.3 Å². The van der Waals surface area contributed by atoms with Crippen molar-refractivity contribution in [3.05, 3.63) is 11.5 Å². The molecule has 0 radical (unpaired) electrons. The molecule has 3 rings (SSSR count). The lowest BCUT2D eigenvalue weighted by Crippen LogP contribution is -2.07. The molecule has 0 amide bonds. The summed E-state index contributed by atoms with van der Waals surface area (Å²) >= 11 is 5.99. The Morgan fingerprint density at radius 1 is 1.44 bits per heavy atom. The van der Waals surface area contributed by atoms with Crippen molar-refractivity contribution < 1.29 is 5.11 Å². The summed E-state index contributed by atoms with van der Waals surface area (Å²) in [6, 6.07) is 0.303. The lowest BCUT2D eigenvalue weighted by atomic mass is 10.1. The first-order valence-electron chi connectivity index (χ1n) is 5.95. The van der Waals surface area contributed by atoms with Gasteiger partial charge in [-0.25, -0.2) is 4.98 Å². The minimum Gasteiger partial charge on any atom is -0.396 e. The topological polar surface area (TPSA) is 89.8 Å². The van der Waals surface area contributed by atoms with Crippen LogP contribution in [0.5, 0.6) is 0 Å². The Labute approximate surface area is 109 Å². The van der Waals surface area contributed by atoms with E-state index in [2.05, 4.69) is 15.0 Å². The van der Waals surface area contributed by atoms with Gasteiger partial charge in [-0.15, -0.1) is 0 Å². The van der Waals surface area contributed by atoms with Crippen molar-refractivity contribution in [3.8, 4) is 0 Å². The first-order chi connectivity index (χ1) is 8.69. The van der Waals surface area contributed by atoms with E-state index in [0.29, 0.717) is 23.1 Å². The van der Waals surface area contributed by atoms with Crippen LogP contribution in [0.1, 0.15) is 25.3 Å². The van der Waals surface area contributed by atoms with Crippen molar-refractivity contribution >= 4 is 28.7 Å². The van der Waals surface area contributed by atoms with Crippen molar-refractivity contribution in [2.75, 3.05) is 12.3 Å². The number of aliphatic hydroxyl groups excluding tert-OH is 1. The molecule has 0 aliphatic heterocycles. The number of anilines is 1. The number of nitrogen functional groups attached to an aromatic ring is 1. The van der Waals surface area contributed by atoms with E-state index < -0.39 is 0 Å². The highest BCUT2D eigenvalue weighted by Gasteiger charge is 2.27. The fourth-order valence-corrected chi connectivity index (χ4v) is 2.85. The van der Waals surface area contributed by atoms with E-state index in [-0.39, 0.29) is 17.7 Å². The zero-order valence-electron chi connectivity index (χ0n) is 9.75. The van der Waals surface area contributed by atoms with Crippen molar-refractivity contribution in [1.82, 2.24) is 19.5 Å². The smallest absolute Gasteiger partial charge is 0.223 e. The van der Waals surface area contributed by atoms with Gasteiger partial charge in [0.25, 0.3) is 0 Å². The van der Waals surface area contributed by atoms with Crippen LogP contribution in [0.15, 0.2) is 6.33 Å². The van der Waals surface area contributed by atoms with E-state index in [1.165, 1.54) is 0 Å². The van der Waals surface area contributed by atoms with E-state index in [1.54, 1.807) is 6.33 Å². The van der Waals surface area contributed by atoms with Crippen LogP contribution in [-0.4, -0.2) is 31.2 Å². The van der Waals surface area contributed by atoms with Crippen LogP contribution in [0, 0.1) is 5.92 Å². The maximum atomic E-state index is 9.19. The Morgan fingerprint density at radius 2 is 2.28 bits per heavy atom. The van der Waals surface area contributed by atoms with Gasteiger partial charge in [-0.1, -0.05) is 11.6 Å². The van der Waals surface area contributed by atoms with Crippen molar-refractivity contribution in [3.63, 3.8) is 0 Å². The fourth-order valence-electron chi connectivity index (χ4n) is 2.63. The van der Waals surface area contributed by atoms with E-state index in [9.17, 15) is 5.11 Å². The number of aliphatic hydroxyl groups is 1. The summed E-state index contributed by atoms with van der Waals surface area (Å²) in [5, 5.41) is 9.48. The lowest BCUT2D eigenvalue weighted by molar-refractivity contribution is 0.226. The Bertz CT molecular complexity index is 584. The van der Waals surface area contributed by atoms with Gasteiger partial charge in [-0.05, 0) is 25.2 Å². The van der Waals surface area contributed by atoms with E-state index >= 15 is 0 Å². The third kappa shape index (κ3) is 1.81. The molecule has 2 aromatic rings. The molecule has 0 saturated heterocycles. The molecule has 2 atom stereocenters. The van der Waals surface area contributed by atoms with Gasteiger partial charge in [0.05, 0.1) is 6.33 Å². The SMILES string of the molecule is Nc1nc(Cl)c2ncn([C@H]3CC[C@@H](CO)C3)c2n1. The third-order valence-corrected chi connectivity index (χ3v) is 3.82. The zero-order chi connectivity index (χ0) is 12.7. The number of nitrogens with zero attached hydrogens (tertiary/aromatic N) is 4. The summed E-state index contributed by atoms with van der Waals surface area (Å²) in [5.74, 6) is 0.521. The number of halogens is 1. The van der Waals surface area contributed by atoms with E-state index in [4.69, 9.17) is 17.3 Å². The summed E-state index contributed by atoms with van der Waals surface area (Å²) in [6.45, 7) is 0.237. The molecule has 0 spiro atoms. The Balaban J connectivity index is 2.03. The van der Waals surface area contributed by atoms with Gasteiger partial charge in [0.15, 0.2) is 10.8 Å². The molecular formula is C11H14ClN5O. The van der Waals surface area contributed by atoms with Crippen LogP contribution in [-0.2, 0) is 0 Å². The maximum absolute atomic E-state index is 9.19. The quantitative estimate of drug-likeness (QED) is 0.803. The molecule has 2 heterocycles. The third-order valence-electron chi connectivity index (χ3n) is 3.56. The number of rotatable bonds is 2. The first kappa shape index (κ1) is 11.7. The Hall–Kier alpha value is -1.40. The second kappa shape index (κ2) is 4.37. The Kier molecular flexibility index (Phi) is 2.83. The molecule has 0 unspecified atom stereocenters. The monoisotopic (exact) mass is 267 g/mol. The number of imidazole rings is 1. The van der Waals surface area contributed by atoms with Crippen LogP contribution in [0.3, 0.4) is 0 Å². The fraction of sp³-hybridized carbons (Fsp3) is 0.545. The van der Waals surface area contributed by atoms with Gasteiger partial charge in [0.2, 0.25) is 5.95 Å². The normalized spacial score (nSPS) is 23.9. The molecule has 0 bridgehead atoms. The Morgan fingerprint density at radius 3 is 3.00 bits per heavy atom. The first-order valence-corrected chi connectivity index (χ1v) is 6.33. The predicted molar refractivity (Wildman–Crippen MR) is 68.2 cm³/mol. The molecule has 96 valence electrons. The number of aromatic nitrogens is 4. The van der Waals surface area contributed by atoms with Gasteiger partial charge in [0.1, 0.15) is 5.52 Å². The second-order valence-corrected chi connectivity index (χ2v) is 5.07. The summed E-state index contributed by atoms with van der Waals surface area (Å²) in [6.07, 6.45) is 4.70. The molecule has 1 saturated carbocycles. The molecule has 3 N–H and O–H groups in total. The van der Waals surface area contributed by atoms with Crippen LogP contribution in [0.2, 0.25) is 5.15 Å². The summed E-state index contributed by atoms with van der Waals surface area (Å²) in [4.78, 5) is 12.3. The van der Waals surface area contributed by atoms with Crippen molar-refractivity contribution in [1.29, 1.82) is 0 Å². The van der Waals surface area contributed by atoms with Gasteiger partial charge in [-0.3, -0.25) is 0 Å². The predicted octanol–water partition coefficient (Wildman–Crippen LogP) is 1.40. The number of hydrogen-bond acceptors (Lipinski definition) is 5. The molecule has 6 nitrogen and oxygen atoms in total. The average Bonchev–Trinajstić information content (AvgIpc) is 2.93. The lowest BCUT2D eigenvalue weighted by Gasteiger charge is -2.12. The van der Waals surface area contributed by atoms with E-state index in [1.807, 2.05) is 4.57 Å². The van der Waals surface area contributed by atoms with Crippen LogP contribution in [0.25, 0.3) is 11.2 Å². The van der Waals surface area contributed by atoms with Crippen molar-refractivity contribution in [2.24, 2.45) is 5.92 Å². The molecule has 1 fully saturated rings. The van der Waals surface area contributed by atoms with Gasteiger partial charge in [0, 0.05) is 12.6 Å². The molecule has 1 aliphatic rings. The highest BCUT2D eigenvalue weighted by Crippen LogP contribution is 2.36. The van der Waals surface area contributed by atoms with Crippen LogP contribution in [0.4, 0.5) is 5.95 Å². The van der Waals surface area contributed by atoms with Crippen LogP contribution < -0.4 is 5.73 Å². The number of nitrogens with two attached hydrogens (primary N) is 1. The van der Waals surface area contributed by atoms with Gasteiger partial charge < -0.3 is 15.4 Å². The largest absolute Gasteiger partial charge is 0.396 e. The van der Waals surface area contributed by atoms with Crippen LogP contribution >= 0.6 is 11.6 Å². The van der Waals surface area contributed by atoms with Gasteiger partial charge in [-0.2, -0.15) is 9.97 Å². The zero-order valence-corrected chi connectivity index (χ0v) is 10.5. The molecule has 0 aromatic carbocycles. The maximum Gasteiger partial charge on any atom is 0.223 e. The van der Waals surface area contributed by atoms with Crippen molar-refractivity contribution in [2.45, 2.75) is 25.3 Å². The molecule has 18 heavy (non-hydrogen) atoms. The molecule has 1 aliphatic carbocycles.